The monoisotopic (exact) mass is 220 g/mol. The summed E-state index contributed by atoms with van der Waals surface area (Å²) >= 11 is 1.55. The first-order chi connectivity index (χ1) is 6.49. The van der Waals surface area contributed by atoms with Gasteiger partial charge in [-0.1, -0.05) is 0 Å². The quantitative estimate of drug-likeness (QED) is 0.706. The van der Waals surface area contributed by atoms with E-state index in [0.717, 1.165) is 0 Å². The Bertz CT molecular complexity index is 209. The summed E-state index contributed by atoms with van der Waals surface area (Å²) in [5, 5.41) is 11.2. The van der Waals surface area contributed by atoms with Gasteiger partial charge in [-0.2, -0.15) is 11.8 Å². The van der Waals surface area contributed by atoms with Crippen molar-refractivity contribution >= 4 is 23.8 Å². The first-order valence-electron chi connectivity index (χ1n) is 4.18. The minimum absolute atomic E-state index is 0.376. The minimum atomic E-state index is -0.991. The minimum Gasteiger partial charge on any atom is -0.480 e. The summed E-state index contributed by atoms with van der Waals surface area (Å²) in [6.07, 6.45) is 2.34. The van der Waals surface area contributed by atoms with Crippen LogP contribution < -0.4 is 5.32 Å². The van der Waals surface area contributed by atoms with E-state index >= 15 is 0 Å². The fraction of sp³-hybridized carbons (Fsp3) is 0.750. The predicted molar refractivity (Wildman–Crippen MR) is 56.6 cm³/mol. The van der Waals surface area contributed by atoms with E-state index in [1.807, 2.05) is 6.26 Å². The van der Waals surface area contributed by atoms with E-state index in [9.17, 15) is 9.59 Å². The standard InChI is InChI=1S/C8H16N2O3S/c1-10(2)8(13)9-6(7(11)12)4-5-14-3/h6H,4-5H2,1-3H3,(H,9,13)(H,11,12)/t6-/m1/s1. The van der Waals surface area contributed by atoms with Crippen molar-refractivity contribution in [2.24, 2.45) is 0 Å². The smallest absolute Gasteiger partial charge is 0.326 e. The lowest BCUT2D eigenvalue weighted by Gasteiger charge is -2.17. The SMILES string of the molecule is CSCC[C@@H](NC(=O)N(C)C)C(=O)O. The zero-order chi connectivity index (χ0) is 11.1. The molecular weight excluding hydrogens is 204 g/mol. The Hall–Kier alpha value is -0.910. The highest BCUT2D eigenvalue weighted by molar-refractivity contribution is 7.98. The van der Waals surface area contributed by atoms with Crippen LogP contribution in [-0.2, 0) is 4.79 Å². The number of carboxylic acids is 1. The molecule has 2 amide bonds. The molecule has 0 heterocycles. The maximum Gasteiger partial charge on any atom is 0.326 e. The number of urea groups is 1. The molecule has 0 aliphatic rings. The van der Waals surface area contributed by atoms with Crippen molar-refractivity contribution in [3.8, 4) is 0 Å². The molecule has 5 nitrogen and oxygen atoms in total. The van der Waals surface area contributed by atoms with E-state index in [-0.39, 0.29) is 6.03 Å². The molecule has 0 spiro atoms. The lowest BCUT2D eigenvalue weighted by molar-refractivity contribution is -0.139. The number of carbonyl (C=O) groups is 2. The highest BCUT2D eigenvalue weighted by Crippen LogP contribution is 2.01. The fourth-order valence-electron chi connectivity index (χ4n) is 0.771. The van der Waals surface area contributed by atoms with Crippen molar-refractivity contribution in [1.29, 1.82) is 0 Å². The summed E-state index contributed by atoms with van der Waals surface area (Å²) in [4.78, 5) is 23.2. The average Bonchev–Trinajstić information content (AvgIpc) is 2.10. The van der Waals surface area contributed by atoms with Gasteiger partial charge in [0.05, 0.1) is 0 Å². The second kappa shape index (κ2) is 6.53. The Balaban J connectivity index is 4.09. The lowest BCUT2D eigenvalue weighted by atomic mass is 10.2. The molecule has 0 bridgehead atoms. The van der Waals surface area contributed by atoms with Crippen molar-refractivity contribution in [3.63, 3.8) is 0 Å². The third-order valence-electron chi connectivity index (χ3n) is 1.61. The molecule has 82 valence electrons. The zero-order valence-corrected chi connectivity index (χ0v) is 9.43. The number of hydrogen-bond acceptors (Lipinski definition) is 3. The van der Waals surface area contributed by atoms with E-state index in [4.69, 9.17) is 5.11 Å². The van der Waals surface area contributed by atoms with Gasteiger partial charge in [0.15, 0.2) is 0 Å². The van der Waals surface area contributed by atoms with Crippen LogP contribution in [0.2, 0.25) is 0 Å². The molecule has 2 N–H and O–H groups in total. The number of nitrogens with one attached hydrogen (secondary N) is 1. The number of nitrogens with zero attached hydrogens (tertiary/aromatic N) is 1. The summed E-state index contributed by atoms with van der Waals surface area (Å²) in [6, 6.07) is -1.17. The van der Waals surface area contributed by atoms with Crippen molar-refractivity contribution in [1.82, 2.24) is 10.2 Å². The number of hydrogen-bond donors (Lipinski definition) is 2. The van der Waals surface area contributed by atoms with Crippen LogP contribution in [0.25, 0.3) is 0 Å². The number of carbonyl (C=O) groups excluding carboxylic acids is 1. The Morgan fingerprint density at radius 1 is 1.50 bits per heavy atom. The van der Waals surface area contributed by atoms with Crippen molar-refractivity contribution in [2.75, 3.05) is 26.1 Å². The largest absolute Gasteiger partial charge is 0.480 e. The Kier molecular flexibility index (Phi) is 6.11. The first-order valence-corrected chi connectivity index (χ1v) is 5.58. The van der Waals surface area contributed by atoms with Crippen LogP contribution in [0.15, 0.2) is 0 Å². The van der Waals surface area contributed by atoms with Gasteiger partial charge in [0.1, 0.15) is 6.04 Å². The summed E-state index contributed by atoms with van der Waals surface area (Å²) in [7, 11) is 3.14. The average molecular weight is 220 g/mol. The number of carboxylic acid groups (broad SMARTS) is 1. The number of amides is 2. The normalized spacial score (nSPS) is 11.9. The Morgan fingerprint density at radius 2 is 2.07 bits per heavy atom. The molecule has 0 radical (unpaired) electrons. The molecule has 0 aromatic carbocycles. The van der Waals surface area contributed by atoms with Crippen molar-refractivity contribution < 1.29 is 14.7 Å². The van der Waals surface area contributed by atoms with Gasteiger partial charge >= 0.3 is 12.0 Å². The highest BCUT2D eigenvalue weighted by atomic mass is 32.2. The molecule has 0 saturated carbocycles. The van der Waals surface area contributed by atoms with E-state index in [2.05, 4.69) is 5.32 Å². The van der Waals surface area contributed by atoms with Gasteiger partial charge < -0.3 is 15.3 Å². The summed E-state index contributed by atoms with van der Waals surface area (Å²) < 4.78 is 0. The molecule has 0 aliphatic carbocycles. The van der Waals surface area contributed by atoms with Crippen LogP contribution in [0.5, 0.6) is 0 Å². The summed E-state index contributed by atoms with van der Waals surface area (Å²) in [6.45, 7) is 0. The first kappa shape index (κ1) is 13.1. The fourth-order valence-corrected chi connectivity index (χ4v) is 1.24. The second-order valence-corrected chi connectivity index (χ2v) is 4.00. The topological polar surface area (TPSA) is 69.6 Å². The molecular formula is C8H16N2O3S. The Morgan fingerprint density at radius 3 is 2.43 bits per heavy atom. The van der Waals surface area contributed by atoms with Crippen LogP contribution in [0.4, 0.5) is 4.79 Å². The van der Waals surface area contributed by atoms with Gasteiger partial charge in [-0.25, -0.2) is 9.59 Å². The molecule has 0 aliphatic heterocycles. The van der Waals surface area contributed by atoms with Gasteiger partial charge in [0, 0.05) is 14.1 Å². The van der Waals surface area contributed by atoms with E-state index in [0.29, 0.717) is 12.2 Å². The number of aliphatic carboxylic acids is 1. The molecule has 0 fully saturated rings. The van der Waals surface area contributed by atoms with E-state index < -0.39 is 12.0 Å². The third-order valence-corrected chi connectivity index (χ3v) is 2.26. The van der Waals surface area contributed by atoms with Gasteiger partial charge in [0.25, 0.3) is 0 Å². The van der Waals surface area contributed by atoms with Crippen LogP contribution in [-0.4, -0.2) is 54.2 Å². The van der Waals surface area contributed by atoms with Crippen LogP contribution in [0, 0.1) is 0 Å². The maximum absolute atomic E-state index is 11.2. The van der Waals surface area contributed by atoms with Crippen molar-refractivity contribution in [3.05, 3.63) is 0 Å². The van der Waals surface area contributed by atoms with E-state index in [1.165, 1.54) is 4.90 Å². The van der Waals surface area contributed by atoms with Crippen LogP contribution in [0.1, 0.15) is 6.42 Å². The molecule has 0 aromatic heterocycles. The molecule has 1 atom stereocenters. The lowest BCUT2D eigenvalue weighted by Crippen LogP contribution is -2.45. The highest BCUT2D eigenvalue weighted by Gasteiger charge is 2.19. The summed E-state index contributed by atoms with van der Waals surface area (Å²) in [5.41, 5.74) is 0. The molecule has 0 unspecified atom stereocenters. The van der Waals surface area contributed by atoms with Crippen LogP contribution in [0.3, 0.4) is 0 Å². The van der Waals surface area contributed by atoms with E-state index in [1.54, 1.807) is 25.9 Å². The second-order valence-electron chi connectivity index (χ2n) is 3.02. The molecule has 0 saturated heterocycles. The maximum atomic E-state index is 11.2. The van der Waals surface area contributed by atoms with Gasteiger partial charge in [0.2, 0.25) is 0 Å². The Labute approximate surface area is 87.8 Å². The zero-order valence-electron chi connectivity index (χ0n) is 8.61. The number of rotatable bonds is 5. The predicted octanol–water partition coefficient (Wildman–Crippen LogP) is 0.464. The van der Waals surface area contributed by atoms with Gasteiger partial charge in [-0.15, -0.1) is 0 Å². The number of thioether (sulfide) groups is 1. The molecule has 14 heavy (non-hydrogen) atoms. The third kappa shape index (κ3) is 4.96. The molecule has 0 aromatic rings. The van der Waals surface area contributed by atoms with Gasteiger partial charge in [-0.3, -0.25) is 0 Å². The van der Waals surface area contributed by atoms with Crippen molar-refractivity contribution in [2.45, 2.75) is 12.5 Å². The molecule has 6 heteroatoms. The molecule has 0 rings (SSSR count). The summed E-state index contributed by atoms with van der Waals surface area (Å²) in [5.74, 6) is -0.278. The van der Waals surface area contributed by atoms with Crippen LogP contribution >= 0.6 is 11.8 Å². The van der Waals surface area contributed by atoms with Gasteiger partial charge in [-0.05, 0) is 18.4 Å².